The maximum atomic E-state index is 12.7. The van der Waals surface area contributed by atoms with E-state index in [-0.39, 0.29) is 42.9 Å². The molecule has 2 aliphatic heterocycles. The van der Waals surface area contributed by atoms with Gasteiger partial charge in [0.2, 0.25) is 5.91 Å². The number of piperazine rings is 1. The van der Waals surface area contributed by atoms with Gasteiger partial charge in [0.15, 0.2) is 0 Å². The van der Waals surface area contributed by atoms with Gasteiger partial charge in [-0.15, -0.1) is 24.8 Å². The second-order valence-electron chi connectivity index (χ2n) is 7.40. The molecule has 2 heterocycles. The molecule has 0 radical (unpaired) electrons. The maximum Gasteiger partial charge on any atom is 0.242 e. The highest BCUT2D eigenvalue weighted by atomic mass is 35.5. The Balaban J connectivity index is 0.00000196. The van der Waals surface area contributed by atoms with Crippen molar-refractivity contribution >= 4 is 30.7 Å². The molecule has 0 aromatic heterocycles. The first-order valence-corrected chi connectivity index (χ1v) is 9.72. The monoisotopic (exact) mass is 432 g/mol. The third kappa shape index (κ3) is 7.17. The van der Waals surface area contributed by atoms with Crippen LogP contribution in [0.15, 0.2) is 30.3 Å². The molecule has 2 fully saturated rings. The Bertz CT molecular complexity index is 571. The number of morpholine rings is 1. The first kappa shape index (κ1) is 25.1. The number of carbonyl (C=O) groups is 1. The number of rotatable bonds is 6. The van der Waals surface area contributed by atoms with Crippen molar-refractivity contribution in [3.63, 3.8) is 0 Å². The molecule has 1 aromatic carbocycles. The average Bonchev–Trinajstić information content (AvgIpc) is 2.67. The predicted molar refractivity (Wildman–Crippen MR) is 117 cm³/mol. The van der Waals surface area contributed by atoms with Gasteiger partial charge in [-0.1, -0.05) is 30.3 Å². The lowest BCUT2D eigenvalue weighted by atomic mass is 10.1. The fraction of sp³-hybridized carbons (Fsp3) is 0.650. The van der Waals surface area contributed by atoms with Crippen LogP contribution in [0.4, 0.5) is 0 Å². The fourth-order valence-corrected chi connectivity index (χ4v) is 3.68. The first-order chi connectivity index (χ1) is 12.6. The van der Waals surface area contributed by atoms with Gasteiger partial charge in [0, 0.05) is 52.4 Å². The summed E-state index contributed by atoms with van der Waals surface area (Å²) in [5.41, 5.74) is 1.35. The van der Waals surface area contributed by atoms with Crippen molar-refractivity contribution in [2.45, 2.75) is 25.6 Å². The van der Waals surface area contributed by atoms with Crippen LogP contribution in [0.3, 0.4) is 0 Å². The smallest absolute Gasteiger partial charge is 0.242 e. The summed E-state index contributed by atoms with van der Waals surface area (Å²) >= 11 is 0. The van der Waals surface area contributed by atoms with E-state index in [0.717, 1.165) is 52.4 Å². The van der Waals surface area contributed by atoms with Crippen LogP contribution in [0.5, 0.6) is 0 Å². The third-order valence-corrected chi connectivity index (χ3v) is 5.36. The predicted octanol–water partition coefficient (Wildman–Crippen LogP) is 1.48. The molecule has 3 rings (SSSR count). The van der Waals surface area contributed by atoms with Crippen LogP contribution < -0.4 is 5.32 Å². The van der Waals surface area contributed by atoms with Gasteiger partial charge < -0.3 is 19.9 Å². The normalized spacial score (nSPS) is 23.0. The number of ether oxygens (including phenoxy) is 1. The van der Waals surface area contributed by atoms with Crippen molar-refractivity contribution in [3.8, 4) is 0 Å². The largest absolute Gasteiger partial charge is 0.375 e. The Hall–Kier alpha value is -0.890. The number of nitrogens with one attached hydrogen (secondary N) is 1. The van der Waals surface area contributed by atoms with Crippen LogP contribution in [0.25, 0.3) is 0 Å². The molecule has 2 atom stereocenters. The molecule has 160 valence electrons. The molecule has 8 heteroatoms. The Kier molecular flexibility index (Phi) is 11.3. The minimum atomic E-state index is -0.188. The maximum absolute atomic E-state index is 12.7. The lowest BCUT2D eigenvalue weighted by Crippen LogP contribution is -2.59. The summed E-state index contributed by atoms with van der Waals surface area (Å²) in [6.45, 7) is 10.0. The van der Waals surface area contributed by atoms with Crippen molar-refractivity contribution in [2.24, 2.45) is 0 Å². The summed E-state index contributed by atoms with van der Waals surface area (Å²) in [5, 5.41) is 3.30. The van der Waals surface area contributed by atoms with E-state index in [0.29, 0.717) is 6.61 Å². The van der Waals surface area contributed by atoms with Gasteiger partial charge in [0.1, 0.15) is 6.04 Å². The molecule has 1 amide bonds. The van der Waals surface area contributed by atoms with Crippen LogP contribution in [0, 0.1) is 0 Å². The van der Waals surface area contributed by atoms with E-state index in [2.05, 4.69) is 52.5 Å². The molecule has 0 saturated carbocycles. The highest BCUT2D eigenvalue weighted by Gasteiger charge is 2.33. The fourth-order valence-electron chi connectivity index (χ4n) is 3.68. The highest BCUT2D eigenvalue weighted by molar-refractivity contribution is 5.85. The standard InChI is InChI=1S/C20H32N4O2.2ClH/c1-17-19(21-8-15-26-17)20(25)24-13-11-23(12-14-24)10-9-22(2)16-18-6-4-3-5-7-18;;/h3-7,17,19,21H,8-16H2,1-2H3;2*1H/t17-,19+;;/m1../s1. The quantitative estimate of drug-likeness (QED) is 0.737. The molecule has 2 aliphatic rings. The zero-order valence-corrected chi connectivity index (χ0v) is 18.5. The van der Waals surface area contributed by atoms with E-state index >= 15 is 0 Å². The van der Waals surface area contributed by atoms with E-state index in [9.17, 15) is 4.79 Å². The average molecular weight is 433 g/mol. The van der Waals surface area contributed by atoms with E-state index < -0.39 is 0 Å². The number of hydrogen-bond acceptors (Lipinski definition) is 5. The third-order valence-electron chi connectivity index (χ3n) is 5.36. The van der Waals surface area contributed by atoms with Gasteiger partial charge in [-0.05, 0) is 19.5 Å². The molecule has 1 N–H and O–H groups in total. The van der Waals surface area contributed by atoms with Crippen molar-refractivity contribution in [1.29, 1.82) is 0 Å². The molecule has 28 heavy (non-hydrogen) atoms. The summed E-state index contributed by atoms with van der Waals surface area (Å²) in [4.78, 5) is 19.5. The van der Waals surface area contributed by atoms with E-state index in [4.69, 9.17) is 4.74 Å². The summed E-state index contributed by atoms with van der Waals surface area (Å²) in [6, 6.07) is 10.4. The van der Waals surface area contributed by atoms with Crippen LogP contribution >= 0.6 is 24.8 Å². The van der Waals surface area contributed by atoms with Crippen LogP contribution in [-0.4, -0.2) is 92.2 Å². The summed E-state index contributed by atoms with van der Waals surface area (Å²) in [7, 11) is 2.17. The van der Waals surface area contributed by atoms with Gasteiger partial charge in [0.25, 0.3) is 0 Å². The number of carbonyl (C=O) groups excluding carboxylic acids is 1. The Morgan fingerprint density at radius 1 is 1.18 bits per heavy atom. The van der Waals surface area contributed by atoms with Gasteiger partial charge in [-0.2, -0.15) is 0 Å². The molecule has 1 aromatic rings. The number of nitrogens with zero attached hydrogens (tertiary/aromatic N) is 3. The number of halogens is 2. The van der Waals surface area contributed by atoms with Gasteiger partial charge >= 0.3 is 0 Å². The molecule has 0 aliphatic carbocycles. The highest BCUT2D eigenvalue weighted by Crippen LogP contribution is 2.11. The summed E-state index contributed by atoms with van der Waals surface area (Å²) < 4.78 is 5.61. The van der Waals surface area contributed by atoms with Crippen LogP contribution in [0.2, 0.25) is 0 Å². The topological polar surface area (TPSA) is 48.1 Å². The zero-order chi connectivity index (χ0) is 18.4. The van der Waals surface area contributed by atoms with Crippen molar-refractivity contribution in [2.75, 3.05) is 59.5 Å². The Morgan fingerprint density at radius 2 is 1.86 bits per heavy atom. The summed E-state index contributed by atoms with van der Waals surface area (Å²) in [6.07, 6.45) is -0.0408. The Labute approximate surface area is 181 Å². The number of likely N-dealkylation sites (N-methyl/N-ethyl adjacent to an activating group) is 1. The van der Waals surface area contributed by atoms with Crippen LogP contribution in [0.1, 0.15) is 12.5 Å². The van der Waals surface area contributed by atoms with Gasteiger partial charge in [0.05, 0.1) is 12.7 Å². The molecular weight excluding hydrogens is 399 g/mol. The minimum Gasteiger partial charge on any atom is -0.375 e. The van der Waals surface area contributed by atoms with E-state index in [1.165, 1.54) is 5.56 Å². The van der Waals surface area contributed by atoms with Crippen molar-refractivity contribution in [1.82, 2.24) is 20.0 Å². The summed E-state index contributed by atoms with van der Waals surface area (Å²) in [5.74, 6) is 0.193. The lowest BCUT2D eigenvalue weighted by Gasteiger charge is -2.39. The zero-order valence-electron chi connectivity index (χ0n) is 16.9. The second kappa shape index (κ2) is 12.6. The van der Waals surface area contributed by atoms with Crippen molar-refractivity contribution in [3.05, 3.63) is 35.9 Å². The SMILES string of the molecule is C[C@H]1OCCN[C@@H]1C(=O)N1CCN(CCN(C)Cc2ccccc2)CC1.Cl.Cl. The molecule has 0 unspecified atom stereocenters. The molecule has 0 bridgehead atoms. The van der Waals surface area contributed by atoms with Gasteiger partial charge in [-0.25, -0.2) is 0 Å². The number of hydrogen-bond donors (Lipinski definition) is 1. The first-order valence-electron chi connectivity index (χ1n) is 9.72. The molecular formula is C20H34Cl2N4O2. The minimum absolute atomic E-state index is 0. The number of amides is 1. The molecule has 0 spiro atoms. The van der Waals surface area contributed by atoms with Crippen molar-refractivity contribution < 1.29 is 9.53 Å². The van der Waals surface area contributed by atoms with E-state index in [1.807, 2.05) is 11.8 Å². The molecule has 2 saturated heterocycles. The second-order valence-corrected chi connectivity index (χ2v) is 7.40. The van der Waals surface area contributed by atoms with Gasteiger partial charge in [-0.3, -0.25) is 9.69 Å². The lowest BCUT2D eigenvalue weighted by molar-refractivity contribution is -0.141. The molecule has 6 nitrogen and oxygen atoms in total. The van der Waals surface area contributed by atoms with Crippen LogP contribution in [-0.2, 0) is 16.1 Å². The van der Waals surface area contributed by atoms with E-state index in [1.54, 1.807) is 0 Å². The Morgan fingerprint density at radius 3 is 2.50 bits per heavy atom. The number of benzene rings is 1.